The zero-order valence-electron chi connectivity index (χ0n) is 11.3. The Morgan fingerprint density at radius 1 is 1.14 bits per heavy atom. The van der Waals surface area contributed by atoms with Crippen molar-refractivity contribution in [2.24, 2.45) is 7.05 Å². The molecule has 21 heavy (non-hydrogen) atoms. The SMILES string of the molecule is Cn1nc(-c2ccccc2I)c(-c2cccc(F)c2)c1N. The molecule has 0 aliphatic heterocycles. The molecule has 3 aromatic rings. The van der Waals surface area contributed by atoms with Crippen molar-refractivity contribution in [1.29, 1.82) is 0 Å². The zero-order chi connectivity index (χ0) is 15.0. The van der Waals surface area contributed by atoms with Gasteiger partial charge in [0.2, 0.25) is 0 Å². The maximum absolute atomic E-state index is 13.5. The fraction of sp³-hybridized carbons (Fsp3) is 0.0625. The van der Waals surface area contributed by atoms with Crippen LogP contribution in [0.4, 0.5) is 10.2 Å². The van der Waals surface area contributed by atoms with Gasteiger partial charge in [0.15, 0.2) is 0 Å². The number of benzene rings is 2. The number of aromatic nitrogens is 2. The predicted octanol–water partition coefficient (Wildman–Crippen LogP) is 4.08. The molecule has 1 aromatic heterocycles. The highest BCUT2D eigenvalue weighted by atomic mass is 127. The first-order valence-corrected chi connectivity index (χ1v) is 7.49. The van der Waals surface area contributed by atoms with E-state index < -0.39 is 0 Å². The van der Waals surface area contributed by atoms with Crippen molar-refractivity contribution in [2.75, 3.05) is 5.73 Å². The molecule has 5 heteroatoms. The van der Waals surface area contributed by atoms with Crippen LogP contribution in [0.25, 0.3) is 22.4 Å². The first kappa shape index (κ1) is 14.1. The Balaban J connectivity index is 2.29. The molecule has 2 aromatic carbocycles. The van der Waals surface area contributed by atoms with Crippen LogP contribution in [0.1, 0.15) is 0 Å². The monoisotopic (exact) mass is 393 g/mol. The Bertz CT molecular complexity index is 811. The molecule has 0 amide bonds. The molecule has 2 N–H and O–H groups in total. The van der Waals surface area contributed by atoms with Gasteiger partial charge in [0, 0.05) is 16.2 Å². The van der Waals surface area contributed by atoms with Crippen LogP contribution in [0.15, 0.2) is 48.5 Å². The van der Waals surface area contributed by atoms with Crippen LogP contribution < -0.4 is 5.73 Å². The molecule has 0 aliphatic carbocycles. The van der Waals surface area contributed by atoms with E-state index in [9.17, 15) is 4.39 Å². The van der Waals surface area contributed by atoms with Gasteiger partial charge in [0.1, 0.15) is 17.3 Å². The Hall–Kier alpha value is -1.89. The molecule has 0 fully saturated rings. The van der Waals surface area contributed by atoms with Gasteiger partial charge in [-0.25, -0.2) is 4.39 Å². The van der Waals surface area contributed by atoms with Gasteiger partial charge in [-0.2, -0.15) is 5.10 Å². The number of hydrogen-bond donors (Lipinski definition) is 1. The summed E-state index contributed by atoms with van der Waals surface area (Å²) in [6.45, 7) is 0. The van der Waals surface area contributed by atoms with E-state index in [1.807, 2.05) is 30.3 Å². The van der Waals surface area contributed by atoms with Crippen molar-refractivity contribution in [3.8, 4) is 22.4 Å². The smallest absolute Gasteiger partial charge is 0.129 e. The van der Waals surface area contributed by atoms with E-state index >= 15 is 0 Å². The van der Waals surface area contributed by atoms with E-state index in [-0.39, 0.29) is 5.82 Å². The summed E-state index contributed by atoms with van der Waals surface area (Å²) in [7, 11) is 1.79. The van der Waals surface area contributed by atoms with Gasteiger partial charge in [-0.3, -0.25) is 4.68 Å². The van der Waals surface area contributed by atoms with Crippen molar-refractivity contribution in [1.82, 2.24) is 9.78 Å². The number of anilines is 1. The van der Waals surface area contributed by atoms with E-state index in [2.05, 4.69) is 27.7 Å². The molecule has 0 spiro atoms. The Morgan fingerprint density at radius 2 is 1.90 bits per heavy atom. The number of halogens is 2. The third kappa shape index (κ3) is 2.53. The topological polar surface area (TPSA) is 43.8 Å². The molecule has 106 valence electrons. The minimum atomic E-state index is -0.288. The van der Waals surface area contributed by atoms with Gasteiger partial charge in [-0.1, -0.05) is 30.3 Å². The standard InChI is InChI=1S/C16H13FIN3/c1-21-16(19)14(10-5-4-6-11(17)9-10)15(20-21)12-7-2-3-8-13(12)18/h2-9H,19H2,1H3. The second-order valence-electron chi connectivity index (χ2n) is 4.72. The van der Waals surface area contributed by atoms with Crippen LogP contribution >= 0.6 is 22.6 Å². The van der Waals surface area contributed by atoms with Gasteiger partial charge in [-0.15, -0.1) is 0 Å². The van der Waals surface area contributed by atoms with Crippen LogP contribution in [-0.4, -0.2) is 9.78 Å². The summed E-state index contributed by atoms with van der Waals surface area (Å²) in [6, 6.07) is 14.3. The van der Waals surface area contributed by atoms with Crippen LogP contribution in [0.5, 0.6) is 0 Å². The molecule has 0 saturated heterocycles. The largest absolute Gasteiger partial charge is 0.383 e. The summed E-state index contributed by atoms with van der Waals surface area (Å²) < 4.78 is 16.2. The van der Waals surface area contributed by atoms with Gasteiger partial charge >= 0.3 is 0 Å². The van der Waals surface area contributed by atoms with Crippen LogP contribution in [-0.2, 0) is 7.05 Å². The van der Waals surface area contributed by atoms with E-state index in [0.29, 0.717) is 5.82 Å². The molecule has 3 rings (SSSR count). The van der Waals surface area contributed by atoms with Crippen molar-refractivity contribution in [3.63, 3.8) is 0 Å². The van der Waals surface area contributed by atoms with Crippen LogP contribution in [0.2, 0.25) is 0 Å². The summed E-state index contributed by atoms with van der Waals surface area (Å²) in [6.07, 6.45) is 0. The van der Waals surface area contributed by atoms with E-state index in [1.165, 1.54) is 12.1 Å². The number of nitrogens with zero attached hydrogens (tertiary/aromatic N) is 2. The maximum atomic E-state index is 13.5. The molecule has 0 bridgehead atoms. The third-order valence-electron chi connectivity index (χ3n) is 3.33. The third-order valence-corrected chi connectivity index (χ3v) is 4.27. The molecule has 3 nitrogen and oxygen atoms in total. The number of aryl methyl sites for hydroxylation is 1. The predicted molar refractivity (Wildman–Crippen MR) is 91.2 cm³/mol. The lowest BCUT2D eigenvalue weighted by Gasteiger charge is -2.06. The summed E-state index contributed by atoms with van der Waals surface area (Å²) >= 11 is 2.26. The van der Waals surface area contributed by atoms with Crippen molar-refractivity contribution in [2.45, 2.75) is 0 Å². The quantitative estimate of drug-likeness (QED) is 0.667. The molecule has 0 radical (unpaired) electrons. The Morgan fingerprint density at radius 3 is 2.62 bits per heavy atom. The zero-order valence-corrected chi connectivity index (χ0v) is 13.5. The second kappa shape index (κ2) is 5.48. The summed E-state index contributed by atoms with van der Waals surface area (Å²) in [5.74, 6) is 0.236. The average molecular weight is 393 g/mol. The molecular formula is C16H13FIN3. The van der Waals surface area contributed by atoms with E-state index in [1.54, 1.807) is 17.8 Å². The summed E-state index contributed by atoms with van der Waals surface area (Å²) in [5, 5.41) is 4.51. The highest BCUT2D eigenvalue weighted by molar-refractivity contribution is 14.1. The van der Waals surface area contributed by atoms with Gasteiger partial charge in [0.05, 0.1) is 5.56 Å². The van der Waals surface area contributed by atoms with Crippen molar-refractivity contribution >= 4 is 28.4 Å². The first-order chi connectivity index (χ1) is 10.1. The van der Waals surface area contributed by atoms with Crippen molar-refractivity contribution < 1.29 is 4.39 Å². The molecule has 0 saturated carbocycles. The Kier molecular flexibility index (Phi) is 3.67. The number of nitrogen functional groups attached to an aromatic ring is 1. The maximum Gasteiger partial charge on any atom is 0.129 e. The highest BCUT2D eigenvalue weighted by Crippen LogP contribution is 2.37. The second-order valence-corrected chi connectivity index (χ2v) is 5.88. The number of rotatable bonds is 2. The minimum Gasteiger partial charge on any atom is -0.383 e. The lowest BCUT2D eigenvalue weighted by Crippen LogP contribution is -1.98. The Labute approximate surface area is 135 Å². The summed E-state index contributed by atoms with van der Waals surface area (Å²) in [4.78, 5) is 0. The molecule has 1 heterocycles. The van der Waals surface area contributed by atoms with E-state index in [4.69, 9.17) is 5.73 Å². The minimum absolute atomic E-state index is 0.288. The van der Waals surface area contributed by atoms with Gasteiger partial charge in [-0.05, 0) is 46.4 Å². The molecule has 0 atom stereocenters. The fourth-order valence-corrected chi connectivity index (χ4v) is 2.95. The lowest BCUT2D eigenvalue weighted by molar-refractivity contribution is 0.628. The van der Waals surface area contributed by atoms with Gasteiger partial charge < -0.3 is 5.73 Å². The van der Waals surface area contributed by atoms with E-state index in [0.717, 1.165) is 26.0 Å². The summed E-state index contributed by atoms with van der Waals surface area (Å²) in [5.41, 5.74) is 9.40. The molecule has 0 aliphatic rings. The fourth-order valence-electron chi connectivity index (χ4n) is 2.31. The number of hydrogen-bond acceptors (Lipinski definition) is 2. The molecular weight excluding hydrogens is 380 g/mol. The van der Waals surface area contributed by atoms with Crippen molar-refractivity contribution in [3.05, 3.63) is 57.9 Å². The van der Waals surface area contributed by atoms with Crippen LogP contribution in [0.3, 0.4) is 0 Å². The van der Waals surface area contributed by atoms with Crippen LogP contribution in [0, 0.1) is 9.39 Å². The highest BCUT2D eigenvalue weighted by Gasteiger charge is 2.19. The van der Waals surface area contributed by atoms with Gasteiger partial charge in [0.25, 0.3) is 0 Å². The molecule has 0 unspecified atom stereocenters. The number of nitrogens with two attached hydrogens (primary N) is 1. The first-order valence-electron chi connectivity index (χ1n) is 6.41. The normalized spacial score (nSPS) is 10.8. The average Bonchev–Trinajstić information content (AvgIpc) is 2.75. The lowest BCUT2D eigenvalue weighted by atomic mass is 10.0.